The number of piperidine rings is 2. The number of fused-ring (bicyclic) bond motifs is 1. The topological polar surface area (TPSA) is 117 Å². The monoisotopic (exact) mass is 518 g/mol. The Bertz CT molecular complexity index is 1290. The Labute approximate surface area is 221 Å². The molecular formula is C28H34N6O4. The van der Waals surface area contributed by atoms with Gasteiger partial charge in [0.1, 0.15) is 6.04 Å². The second-order valence-electron chi connectivity index (χ2n) is 11.5. The van der Waals surface area contributed by atoms with E-state index in [0.29, 0.717) is 23.7 Å². The van der Waals surface area contributed by atoms with Crippen LogP contribution >= 0.6 is 0 Å². The Morgan fingerprint density at radius 2 is 1.87 bits per heavy atom. The van der Waals surface area contributed by atoms with Gasteiger partial charge in [0.25, 0.3) is 11.8 Å². The first-order valence-electron chi connectivity index (χ1n) is 13.7. The molecule has 1 aromatic heterocycles. The Morgan fingerprint density at radius 1 is 1.08 bits per heavy atom. The lowest BCUT2D eigenvalue weighted by Crippen LogP contribution is -2.54. The number of imide groups is 2. The lowest BCUT2D eigenvalue weighted by atomic mass is 9.70. The van der Waals surface area contributed by atoms with E-state index in [4.69, 9.17) is 0 Å². The first-order chi connectivity index (χ1) is 18.3. The molecule has 38 heavy (non-hydrogen) atoms. The van der Waals surface area contributed by atoms with Crippen molar-refractivity contribution in [3.63, 3.8) is 0 Å². The molecule has 2 saturated heterocycles. The smallest absolute Gasteiger partial charge is 0.264 e. The van der Waals surface area contributed by atoms with E-state index in [2.05, 4.69) is 38.4 Å². The number of carbonyl (C=O) groups excluding carboxylic acids is 4. The van der Waals surface area contributed by atoms with E-state index < -0.39 is 23.8 Å². The summed E-state index contributed by atoms with van der Waals surface area (Å²) in [5, 5.41) is 10.2. The SMILES string of the molecule is CC1(CN2CCC(n3cc(CNc4cccc5c4C(=O)N(C4CCC(=O)NC4=O)C5=O)cn3)CC2)CCC1. The van der Waals surface area contributed by atoms with Crippen molar-refractivity contribution < 1.29 is 19.2 Å². The lowest BCUT2D eigenvalue weighted by Gasteiger charge is -2.44. The number of anilines is 1. The fourth-order valence-corrected chi connectivity index (χ4v) is 6.35. The van der Waals surface area contributed by atoms with Crippen LogP contribution in [0.4, 0.5) is 5.69 Å². The first-order valence-corrected chi connectivity index (χ1v) is 13.7. The highest BCUT2D eigenvalue weighted by Crippen LogP contribution is 2.41. The second-order valence-corrected chi connectivity index (χ2v) is 11.5. The molecule has 1 unspecified atom stereocenters. The van der Waals surface area contributed by atoms with Crippen LogP contribution in [0, 0.1) is 5.41 Å². The predicted molar refractivity (Wildman–Crippen MR) is 139 cm³/mol. The number of carbonyl (C=O) groups is 4. The molecule has 1 atom stereocenters. The van der Waals surface area contributed by atoms with Crippen molar-refractivity contribution in [1.82, 2.24) is 24.9 Å². The van der Waals surface area contributed by atoms with E-state index in [-0.39, 0.29) is 29.9 Å². The van der Waals surface area contributed by atoms with Crippen molar-refractivity contribution in [3.8, 4) is 0 Å². The van der Waals surface area contributed by atoms with Gasteiger partial charge in [0.05, 0.1) is 23.4 Å². The molecule has 1 saturated carbocycles. The van der Waals surface area contributed by atoms with E-state index >= 15 is 0 Å². The number of rotatable bonds is 7. The minimum absolute atomic E-state index is 0.0946. The summed E-state index contributed by atoms with van der Waals surface area (Å²) in [4.78, 5) is 53.8. The molecular weight excluding hydrogens is 484 g/mol. The fourth-order valence-electron chi connectivity index (χ4n) is 6.35. The van der Waals surface area contributed by atoms with Crippen molar-refractivity contribution in [2.24, 2.45) is 5.41 Å². The Hall–Kier alpha value is -3.53. The van der Waals surface area contributed by atoms with E-state index in [1.54, 1.807) is 18.2 Å². The van der Waals surface area contributed by atoms with Crippen molar-refractivity contribution in [1.29, 1.82) is 0 Å². The van der Waals surface area contributed by atoms with Gasteiger partial charge in [0, 0.05) is 50.0 Å². The number of aromatic nitrogens is 2. The van der Waals surface area contributed by atoms with E-state index in [0.717, 1.165) is 36.4 Å². The minimum Gasteiger partial charge on any atom is -0.380 e. The summed E-state index contributed by atoms with van der Waals surface area (Å²) in [6, 6.07) is 4.50. The predicted octanol–water partition coefficient (Wildman–Crippen LogP) is 2.72. The molecule has 1 aromatic carbocycles. The number of hydrogen-bond acceptors (Lipinski definition) is 7. The maximum Gasteiger partial charge on any atom is 0.264 e. The standard InChI is InChI=1S/C28H34N6O4/c1-28(10-3-11-28)17-32-12-8-19(9-13-32)33-16-18(15-30-33)14-29-21-5-2-4-20-24(21)27(38)34(26(20)37)22-6-7-23(35)31-25(22)36/h2,4-5,15-16,19,22,29H,3,6-14,17H2,1H3,(H,31,35,36). The highest BCUT2D eigenvalue weighted by atomic mass is 16.2. The van der Waals surface area contributed by atoms with Crippen LogP contribution in [0.15, 0.2) is 30.6 Å². The number of benzene rings is 1. The van der Waals surface area contributed by atoms with Gasteiger partial charge in [-0.3, -0.25) is 34.1 Å². The Morgan fingerprint density at radius 3 is 2.58 bits per heavy atom. The molecule has 2 N–H and O–H groups in total. The van der Waals surface area contributed by atoms with E-state index in [9.17, 15) is 19.2 Å². The molecule has 10 heteroatoms. The van der Waals surface area contributed by atoms with Crippen LogP contribution < -0.4 is 10.6 Å². The molecule has 4 heterocycles. The maximum atomic E-state index is 13.3. The van der Waals surface area contributed by atoms with E-state index in [1.165, 1.54) is 25.8 Å². The molecule has 3 aliphatic heterocycles. The second kappa shape index (κ2) is 9.65. The lowest BCUT2D eigenvalue weighted by molar-refractivity contribution is -0.136. The summed E-state index contributed by atoms with van der Waals surface area (Å²) < 4.78 is 2.06. The molecule has 0 bridgehead atoms. The van der Waals surface area contributed by atoms with Crippen molar-refractivity contribution >= 4 is 29.3 Å². The molecule has 0 spiro atoms. The third-order valence-corrected chi connectivity index (χ3v) is 8.70. The molecule has 6 rings (SSSR count). The Balaban J connectivity index is 1.09. The zero-order chi connectivity index (χ0) is 26.4. The number of nitrogens with zero attached hydrogens (tertiary/aromatic N) is 4. The van der Waals surface area contributed by atoms with Gasteiger partial charge in [-0.15, -0.1) is 0 Å². The normalized spacial score (nSPS) is 23.8. The highest BCUT2D eigenvalue weighted by molar-refractivity contribution is 6.25. The summed E-state index contributed by atoms with van der Waals surface area (Å²) >= 11 is 0. The molecule has 200 valence electrons. The summed E-state index contributed by atoms with van der Waals surface area (Å²) in [5.74, 6) is -2.02. The van der Waals surface area contributed by atoms with Gasteiger partial charge in [-0.25, -0.2) is 0 Å². The minimum atomic E-state index is -0.978. The van der Waals surface area contributed by atoms with Crippen LogP contribution in [0.25, 0.3) is 0 Å². The first kappa shape index (κ1) is 24.8. The number of likely N-dealkylation sites (tertiary alicyclic amines) is 1. The number of amides is 4. The summed E-state index contributed by atoms with van der Waals surface area (Å²) in [7, 11) is 0. The molecule has 0 radical (unpaired) electrons. The average molecular weight is 519 g/mol. The van der Waals surface area contributed by atoms with Gasteiger partial charge in [-0.1, -0.05) is 19.4 Å². The van der Waals surface area contributed by atoms with Crippen LogP contribution in [0.1, 0.15) is 84.2 Å². The van der Waals surface area contributed by atoms with Crippen molar-refractivity contribution in [2.45, 2.75) is 70.5 Å². The van der Waals surface area contributed by atoms with E-state index in [1.807, 2.05) is 6.20 Å². The van der Waals surface area contributed by atoms with Crippen LogP contribution in [-0.4, -0.2) is 68.9 Å². The van der Waals surface area contributed by atoms with Gasteiger partial charge < -0.3 is 10.2 Å². The molecule has 4 aliphatic rings. The summed E-state index contributed by atoms with van der Waals surface area (Å²) in [6.07, 6.45) is 10.4. The zero-order valence-corrected chi connectivity index (χ0v) is 21.7. The van der Waals surface area contributed by atoms with Gasteiger partial charge in [-0.05, 0) is 49.7 Å². The van der Waals surface area contributed by atoms with Crippen molar-refractivity contribution in [3.05, 3.63) is 47.3 Å². The van der Waals surface area contributed by atoms with Gasteiger partial charge in [-0.2, -0.15) is 5.10 Å². The Kier molecular flexibility index (Phi) is 6.29. The molecule has 10 nitrogen and oxygen atoms in total. The average Bonchev–Trinajstić information content (AvgIpc) is 3.46. The van der Waals surface area contributed by atoms with Crippen LogP contribution in [0.5, 0.6) is 0 Å². The fraction of sp³-hybridized carbons (Fsp3) is 0.536. The van der Waals surface area contributed by atoms with Gasteiger partial charge >= 0.3 is 0 Å². The third kappa shape index (κ3) is 4.51. The maximum absolute atomic E-state index is 13.3. The van der Waals surface area contributed by atoms with Crippen molar-refractivity contribution in [2.75, 3.05) is 25.0 Å². The highest BCUT2D eigenvalue weighted by Gasteiger charge is 2.45. The van der Waals surface area contributed by atoms with Gasteiger partial charge in [0.2, 0.25) is 11.8 Å². The summed E-state index contributed by atoms with van der Waals surface area (Å²) in [5.41, 5.74) is 2.58. The zero-order valence-electron chi connectivity index (χ0n) is 21.7. The molecule has 1 aliphatic carbocycles. The molecule has 2 aromatic rings. The van der Waals surface area contributed by atoms with Gasteiger partial charge in [0.15, 0.2) is 0 Å². The summed E-state index contributed by atoms with van der Waals surface area (Å²) in [6.45, 7) is 6.27. The van der Waals surface area contributed by atoms with Crippen LogP contribution in [-0.2, 0) is 16.1 Å². The number of nitrogens with one attached hydrogen (secondary N) is 2. The van der Waals surface area contributed by atoms with Crippen LogP contribution in [0.2, 0.25) is 0 Å². The molecule has 3 fully saturated rings. The van der Waals surface area contributed by atoms with Crippen LogP contribution in [0.3, 0.4) is 0 Å². The third-order valence-electron chi connectivity index (χ3n) is 8.70. The number of hydrogen-bond donors (Lipinski definition) is 2. The molecule has 4 amide bonds. The largest absolute Gasteiger partial charge is 0.380 e. The quantitative estimate of drug-likeness (QED) is 0.542.